The summed E-state index contributed by atoms with van der Waals surface area (Å²) >= 11 is 0. The molecule has 1 aliphatic carbocycles. The molecule has 0 unspecified atom stereocenters. The van der Waals surface area contributed by atoms with Crippen LogP contribution in [0.1, 0.15) is 67.2 Å². The molecule has 0 atom stereocenters. The van der Waals surface area contributed by atoms with Crippen LogP contribution >= 0.6 is 0 Å². The molecule has 3 heterocycles. The van der Waals surface area contributed by atoms with E-state index in [9.17, 15) is 4.79 Å². The highest BCUT2D eigenvalue weighted by molar-refractivity contribution is 5.92. The third-order valence-corrected chi connectivity index (χ3v) is 5.31. The van der Waals surface area contributed by atoms with Gasteiger partial charge in [0.15, 0.2) is 5.69 Å². The number of nitrogens with zero attached hydrogens (tertiary/aromatic N) is 5. The minimum Gasteiger partial charge on any atom is -0.361 e. The van der Waals surface area contributed by atoms with E-state index in [0.29, 0.717) is 11.6 Å². The van der Waals surface area contributed by atoms with E-state index in [4.69, 9.17) is 9.62 Å². The van der Waals surface area contributed by atoms with E-state index >= 15 is 0 Å². The lowest BCUT2D eigenvalue weighted by Crippen LogP contribution is -2.48. The van der Waals surface area contributed by atoms with Crippen molar-refractivity contribution < 1.29 is 9.32 Å². The second-order valence-corrected chi connectivity index (χ2v) is 8.81. The summed E-state index contributed by atoms with van der Waals surface area (Å²) in [5.74, 6) is 1.46. The van der Waals surface area contributed by atoms with Crippen LogP contribution in [0.5, 0.6) is 0 Å². The Hall–Kier alpha value is -2.15. The van der Waals surface area contributed by atoms with Crippen molar-refractivity contribution in [2.24, 2.45) is 0 Å². The number of hydrogen-bond donors (Lipinski definition) is 0. The fraction of sp³-hybridized carbons (Fsp3) is 0.650. The van der Waals surface area contributed by atoms with Gasteiger partial charge in [-0.05, 0) is 46.6 Å². The second-order valence-electron chi connectivity index (χ2n) is 8.81. The van der Waals surface area contributed by atoms with Crippen LogP contribution in [0.25, 0.3) is 0 Å². The first-order valence-electron chi connectivity index (χ1n) is 9.85. The van der Waals surface area contributed by atoms with Gasteiger partial charge in [-0.2, -0.15) is 5.10 Å². The highest BCUT2D eigenvalue weighted by atomic mass is 16.5. The van der Waals surface area contributed by atoms with E-state index in [-0.39, 0.29) is 11.4 Å². The van der Waals surface area contributed by atoms with Crippen molar-refractivity contribution in [2.45, 2.75) is 58.5 Å². The Bertz CT molecular complexity index is 820. The molecule has 7 heteroatoms. The first kappa shape index (κ1) is 18.2. The molecule has 1 saturated carbocycles. The molecule has 2 fully saturated rings. The second kappa shape index (κ2) is 6.78. The number of carbonyl (C=O) groups excluding carboxylic acids is 1. The molecule has 2 aromatic heterocycles. The van der Waals surface area contributed by atoms with Gasteiger partial charge in [0, 0.05) is 50.4 Å². The van der Waals surface area contributed by atoms with Crippen LogP contribution in [-0.4, -0.2) is 56.8 Å². The van der Waals surface area contributed by atoms with Gasteiger partial charge in [-0.1, -0.05) is 5.16 Å². The number of aryl methyl sites for hydroxylation is 1. The first-order chi connectivity index (χ1) is 12.8. The summed E-state index contributed by atoms with van der Waals surface area (Å²) in [6.07, 6.45) is 2.41. The number of piperazine rings is 1. The van der Waals surface area contributed by atoms with Crippen LogP contribution in [-0.2, 0) is 12.1 Å². The first-order valence-corrected chi connectivity index (χ1v) is 9.85. The Morgan fingerprint density at radius 2 is 1.89 bits per heavy atom. The zero-order valence-corrected chi connectivity index (χ0v) is 16.7. The average Bonchev–Trinajstić information content (AvgIpc) is 3.22. The van der Waals surface area contributed by atoms with E-state index < -0.39 is 0 Å². The highest BCUT2D eigenvalue weighted by Gasteiger charge is 2.33. The summed E-state index contributed by atoms with van der Waals surface area (Å²) in [5, 5.41) is 8.76. The molecule has 1 amide bonds. The maximum absolute atomic E-state index is 13.0. The van der Waals surface area contributed by atoms with Crippen LogP contribution in [0.3, 0.4) is 0 Å². The molecule has 146 valence electrons. The van der Waals surface area contributed by atoms with Crippen molar-refractivity contribution >= 4 is 5.91 Å². The lowest BCUT2D eigenvalue weighted by atomic mass is 10.1. The van der Waals surface area contributed by atoms with Gasteiger partial charge in [0.05, 0.1) is 11.2 Å². The third kappa shape index (κ3) is 3.93. The maximum atomic E-state index is 13.0. The smallest absolute Gasteiger partial charge is 0.274 e. The van der Waals surface area contributed by atoms with Crippen LogP contribution in [0.2, 0.25) is 0 Å². The summed E-state index contributed by atoms with van der Waals surface area (Å²) in [6.45, 7) is 12.2. The van der Waals surface area contributed by atoms with Gasteiger partial charge < -0.3 is 9.42 Å². The Labute approximate surface area is 160 Å². The van der Waals surface area contributed by atoms with Gasteiger partial charge >= 0.3 is 0 Å². The Kier molecular flexibility index (Phi) is 4.58. The largest absolute Gasteiger partial charge is 0.361 e. The quantitative estimate of drug-likeness (QED) is 0.827. The molecule has 4 rings (SSSR count). The van der Waals surface area contributed by atoms with E-state index in [1.165, 1.54) is 18.5 Å². The fourth-order valence-corrected chi connectivity index (χ4v) is 3.70. The molecule has 0 N–H and O–H groups in total. The van der Waals surface area contributed by atoms with Crippen molar-refractivity contribution in [2.75, 3.05) is 26.2 Å². The molecule has 27 heavy (non-hydrogen) atoms. The molecule has 0 bridgehead atoms. The summed E-state index contributed by atoms with van der Waals surface area (Å²) < 4.78 is 7.19. The van der Waals surface area contributed by atoms with Crippen molar-refractivity contribution in [3.63, 3.8) is 0 Å². The number of carbonyl (C=O) groups is 1. The van der Waals surface area contributed by atoms with Gasteiger partial charge in [-0.25, -0.2) is 0 Å². The predicted octanol–water partition coefficient (Wildman–Crippen LogP) is 2.77. The van der Waals surface area contributed by atoms with E-state index in [2.05, 4.69) is 35.5 Å². The monoisotopic (exact) mass is 371 g/mol. The minimum atomic E-state index is -0.106. The van der Waals surface area contributed by atoms with Gasteiger partial charge in [0.2, 0.25) is 0 Å². The summed E-state index contributed by atoms with van der Waals surface area (Å²) in [5.41, 5.74) is 2.65. The molecular formula is C20H29N5O2. The zero-order chi connectivity index (χ0) is 19.2. The molecule has 0 aromatic carbocycles. The molecule has 1 aliphatic heterocycles. The predicted molar refractivity (Wildman–Crippen MR) is 102 cm³/mol. The molecule has 0 spiro atoms. The lowest BCUT2D eigenvalue weighted by Gasteiger charge is -2.33. The SMILES string of the molecule is Cc1cc(CN2CCN(C(=O)c3cc(C4CC4)n(C(C)(C)C)n3)CC2)no1. The standard InChI is InChI=1S/C20H29N5O2/c1-14-11-16(22-27-14)13-23-7-9-24(10-8-23)19(26)17-12-18(15-5-6-15)25(21-17)20(2,3)4/h11-12,15H,5-10,13H2,1-4H3. The number of amides is 1. The highest BCUT2D eigenvalue weighted by Crippen LogP contribution is 2.41. The Morgan fingerprint density at radius 1 is 1.19 bits per heavy atom. The number of hydrogen-bond acceptors (Lipinski definition) is 5. The van der Waals surface area contributed by atoms with E-state index in [1.54, 1.807) is 0 Å². The van der Waals surface area contributed by atoms with Gasteiger partial charge in [0.25, 0.3) is 5.91 Å². The van der Waals surface area contributed by atoms with Crippen LogP contribution in [0, 0.1) is 6.92 Å². The molecule has 1 saturated heterocycles. The lowest BCUT2D eigenvalue weighted by molar-refractivity contribution is 0.0618. The van der Waals surface area contributed by atoms with Crippen LogP contribution < -0.4 is 0 Å². The molecule has 0 radical (unpaired) electrons. The Morgan fingerprint density at radius 3 is 2.44 bits per heavy atom. The number of aromatic nitrogens is 3. The summed E-state index contributed by atoms with van der Waals surface area (Å²) in [7, 11) is 0. The van der Waals surface area contributed by atoms with E-state index in [0.717, 1.165) is 44.2 Å². The van der Waals surface area contributed by atoms with Gasteiger partial charge in [-0.15, -0.1) is 0 Å². The Balaban J connectivity index is 1.41. The topological polar surface area (TPSA) is 67.4 Å². The van der Waals surface area contributed by atoms with Crippen molar-refractivity contribution in [3.8, 4) is 0 Å². The fourth-order valence-electron chi connectivity index (χ4n) is 3.70. The number of rotatable bonds is 4. The van der Waals surface area contributed by atoms with Crippen LogP contribution in [0.4, 0.5) is 0 Å². The summed E-state index contributed by atoms with van der Waals surface area (Å²) in [4.78, 5) is 17.2. The van der Waals surface area contributed by atoms with Gasteiger partial charge in [-0.3, -0.25) is 14.4 Å². The van der Waals surface area contributed by atoms with Gasteiger partial charge in [0.1, 0.15) is 5.76 Å². The summed E-state index contributed by atoms with van der Waals surface area (Å²) in [6, 6.07) is 3.99. The van der Waals surface area contributed by atoms with Crippen molar-refractivity contribution in [1.82, 2.24) is 24.7 Å². The third-order valence-electron chi connectivity index (χ3n) is 5.31. The molecule has 7 nitrogen and oxygen atoms in total. The van der Waals surface area contributed by atoms with E-state index in [1.807, 2.05) is 24.0 Å². The van der Waals surface area contributed by atoms with Crippen molar-refractivity contribution in [3.05, 3.63) is 35.0 Å². The maximum Gasteiger partial charge on any atom is 0.274 e. The molecule has 2 aromatic rings. The average molecular weight is 371 g/mol. The van der Waals surface area contributed by atoms with Crippen LogP contribution in [0.15, 0.2) is 16.7 Å². The normalized spacial score (nSPS) is 18.9. The molecular weight excluding hydrogens is 342 g/mol. The zero-order valence-electron chi connectivity index (χ0n) is 16.7. The minimum absolute atomic E-state index is 0.0526. The molecule has 2 aliphatic rings. The van der Waals surface area contributed by atoms with Crippen molar-refractivity contribution in [1.29, 1.82) is 0 Å².